The van der Waals surface area contributed by atoms with E-state index in [1.807, 2.05) is 11.8 Å². The second-order valence-corrected chi connectivity index (χ2v) is 8.54. The van der Waals surface area contributed by atoms with Crippen molar-refractivity contribution in [1.29, 1.82) is 0 Å². The normalized spacial score (nSPS) is 19.2. The molecule has 1 N–H and O–H groups in total. The van der Waals surface area contributed by atoms with Gasteiger partial charge in [0.1, 0.15) is 5.75 Å². The molecule has 4 heteroatoms. The Bertz CT molecular complexity index is 756. The zero-order valence-electron chi connectivity index (χ0n) is 15.7. The van der Waals surface area contributed by atoms with Crippen LogP contribution in [0.15, 0.2) is 52.3 Å². The molecule has 0 saturated carbocycles. The average molecular weight is 369 g/mol. The van der Waals surface area contributed by atoms with Crippen molar-refractivity contribution < 1.29 is 4.74 Å². The Labute approximate surface area is 161 Å². The molecule has 1 fully saturated rings. The number of hydrogen-bond acceptors (Lipinski definition) is 4. The predicted octanol–water partition coefficient (Wildman–Crippen LogP) is 5.61. The van der Waals surface area contributed by atoms with Gasteiger partial charge in [0.2, 0.25) is 0 Å². The summed E-state index contributed by atoms with van der Waals surface area (Å²) in [4.78, 5) is 5.15. The molecule has 26 heavy (non-hydrogen) atoms. The third-order valence-electron chi connectivity index (χ3n) is 5.08. The molecule has 1 saturated heterocycles. The van der Waals surface area contributed by atoms with Gasteiger partial charge in [0.25, 0.3) is 0 Å². The summed E-state index contributed by atoms with van der Waals surface area (Å²) in [7, 11) is 0. The SMILES string of the molecule is CC(C)Oc1ccc2c(c1)N(CCC1CCCCN1)c1ccccc1S2. The van der Waals surface area contributed by atoms with Gasteiger partial charge in [-0.05, 0) is 63.9 Å². The Kier molecular flexibility index (Phi) is 5.41. The first-order valence-electron chi connectivity index (χ1n) is 9.79. The van der Waals surface area contributed by atoms with Crippen molar-refractivity contribution >= 4 is 23.1 Å². The highest BCUT2D eigenvalue weighted by Gasteiger charge is 2.25. The summed E-state index contributed by atoms with van der Waals surface area (Å²) in [5.41, 5.74) is 2.60. The van der Waals surface area contributed by atoms with Crippen molar-refractivity contribution in [1.82, 2.24) is 5.32 Å². The van der Waals surface area contributed by atoms with Gasteiger partial charge in [-0.15, -0.1) is 0 Å². The molecular formula is C22H28N2OS. The minimum Gasteiger partial charge on any atom is -0.491 e. The lowest BCUT2D eigenvalue weighted by atomic mass is 10.0. The highest BCUT2D eigenvalue weighted by molar-refractivity contribution is 7.99. The van der Waals surface area contributed by atoms with E-state index in [9.17, 15) is 0 Å². The van der Waals surface area contributed by atoms with Gasteiger partial charge in [0, 0.05) is 28.4 Å². The van der Waals surface area contributed by atoms with Gasteiger partial charge in [-0.25, -0.2) is 0 Å². The lowest BCUT2D eigenvalue weighted by Crippen LogP contribution is -2.37. The van der Waals surface area contributed by atoms with Crippen LogP contribution in [0, 0.1) is 0 Å². The van der Waals surface area contributed by atoms with Crippen LogP contribution in [0.2, 0.25) is 0 Å². The molecular weight excluding hydrogens is 340 g/mol. The number of piperidine rings is 1. The van der Waals surface area contributed by atoms with E-state index in [1.54, 1.807) is 0 Å². The number of nitrogens with one attached hydrogen (secondary N) is 1. The van der Waals surface area contributed by atoms with Gasteiger partial charge in [-0.2, -0.15) is 0 Å². The van der Waals surface area contributed by atoms with Crippen molar-refractivity contribution in [3.63, 3.8) is 0 Å². The first kappa shape index (κ1) is 17.7. The number of rotatable bonds is 5. The molecule has 2 heterocycles. The molecule has 4 rings (SSSR count). The molecule has 2 aliphatic heterocycles. The number of benzene rings is 2. The Morgan fingerprint density at radius 2 is 1.96 bits per heavy atom. The molecule has 0 aromatic heterocycles. The van der Waals surface area contributed by atoms with Crippen molar-refractivity contribution in [3.8, 4) is 5.75 Å². The van der Waals surface area contributed by atoms with E-state index in [0.717, 1.165) is 12.3 Å². The third kappa shape index (κ3) is 3.86. The molecule has 138 valence electrons. The van der Waals surface area contributed by atoms with Crippen LogP contribution in [0.5, 0.6) is 5.75 Å². The largest absolute Gasteiger partial charge is 0.491 e. The maximum atomic E-state index is 5.96. The molecule has 2 aromatic rings. The van der Waals surface area contributed by atoms with E-state index in [0.29, 0.717) is 6.04 Å². The van der Waals surface area contributed by atoms with Crippen molar-refractivity contribution in [2.75, 3.05) is 18.0 Å². The summed E-state index contributed by atoms with van der Waals surface area (Å²) >= 11 is 1.86. The van der Waals surface area contributed by atoms with E-state index >= 15 is 0 Å². The molecule has 3 nitrogen and oxygen atoms in total. The zero-order chi connectivity index (χ0) is 17.9. The van der Waals surface area contributed by atoms with Crippen LogP contribution < -0.4 is 15.0 Å². The standard InChI is InChI=1S/C22H28N2OS/c1-16(2)25-18-10-11-22-20(15-18)24(14-12-17-7-5-6-13-23-17)19-8-3-4-9-21(19)26-22/h3-4,8-11,15-17,23H,5-7,12-14H2,1-2H3. The average Bonchev–Trinajstić information content (AvgIpc) is 2.66. The number of ether oxygens (including phenoxy) is 1. The van der Waals surface area contributed by atoms with Crippen LogP contribution in [-0.4, -0.2) is 25.2 Å². The lowest BCUT2D eigenvalue weighted by Gasteiger charge is -2.35. The van der Waals surface area contributed by atoms with E-state index in [2.05, 4.69) is 66.5 Å². The van der Waals surface area contributed by atoms with Crippen molar-refractivity contribution in [2.45, 2.75) is 61.5 Å². The summed E-state index contributed by atoms with van der Waals surface area (Å²) in [5.74, 6) is 0.958. The third-order valence-corrected chi connectivity index (χ3v) is 6.21. The van der Waals surface area contributed by atoms with Gasteiger partial charge >= 0.3 is 0 Å². The quantitative estimate of drug-likeness (QED) is 0.741. The smallest absolute Gasteiger partial charge is 0.121 e. The first-order chi connectivity index (χ1) is 12.7. The van der Waals surface area contributed by atoms with Crippen molar-refractivity contribution in [2.24, 2.45) is 0 Å². The predicted molar refractivity (Wildman–Crippen MR) is 110 cm³/mol. The van der Waals surface area contributed by atoms with Gasteiger partial charge in [0.05, 0.1) is 17.5 Å². The molecule has 1 unspecified atom stereocenters. The second kappa shape index (κ2) is 7.93. The molecule has 1 atom stereocenters. The highest BCUT2D eigenvalue weighted by Crippen LogP contribution is 2.49. The summed E-state index contributed by atoms with van der Waals surface area (Å²) < 4.78 is 5.96. The van der Waals surface area contributed by atoms with E-state index in [-0.39, 0.29) is 6.10 Å². The zero-order valence-corrected chi connectivity index (χ0v) is 16.5. The molecule has 2 aliphatic rings. The maximum Gasteiger partial charge on any atom is 0.121 e. The fourth-order valence-corrected chi connectivity index (χ4v) is 4.93. The Hall–Kier alpha value is -1.65. The molecule has 0 bridgehead atoms. The maximum absolute atomic E-state index is 5.96. The second-order valence-electron chi connectivity index (χ2n) is 7.45. The first-order valence-corrected chi connectivity index (χ1v) is 10.6. The molecule has 2 aromatic carbocycles. The number of fused-ring (bicyclic) bond motifs is 2. The number of nitrogens with zero attached hydrogens (tertiary/aromatic N) is 1. The van der Waals surface area contributed by atoms with E-state index in [1.165, 1.54) is 53.4 Å². The summed E-state index contributed by atoms with van der Waals surface area (Å²) in [6, 6.07) is 15.9. The van der Waals surface area contributed by atoms with E-state index in [4.69, 9.17) is 4.74 Å². The number of hydrogen-bond donors (Lipinski definition) is 1. The monoisotopic (exact) mass is 368 g/mol. The summed E-state index contributed by atoms with van der Waals surface area (Å²) in [6.07, 6.45) is 5.34. The fourth-order valence-electron chi connectivity index (χ4n) is 3.85. The minimum atomic E-state index is 0.191. The van der Waals surface area contributed by atoms with Crippen LogP contribution in [-0.2, 0) is 0 Å². The van der Waals surface area contributed by atoms with Gasteiger partial charge in [0.15, 0.2) is 0 Å². The summed E-state index contributed by atoms with van der Waals surface area (Å²) in [5, 5.41) is 3.69. The van der Waals surface area contributed by atoms with Crippen LogP contribution in [0.3, 0.4) is 0 Å². The fraction of sp³-hybridized carbons (Fsp3) is 0.455. The van der Waals surface area contributed by atoms with Crippen molar-refractivity contribution in [3.05, 3.63) is 42.5 Å². The van der Waals surface area contributed by atoms with Crippen LogP contribution in [0.1, 0.15) is 39.5 Å². The van der Waals surface area contributed by atoms with Crippen LogP contribution in [0.25, 0.3) is 0 Å². The molecule has 0 spiro atoms. The summed E-state index contributed by atoms with van der Waals surface area (Å²) in [6.45, 7) is 6.36. The topological polar surface area (TPSA) is 24.5 Å². The Morgan fingerprint density at radius 1 is 1.12 bits per heavy atom. The van der Waals surface area contributed by atoms with Gasteiger partial charge in [-0.3, -0.25) is 0 Å². The van der Waals surface area contributed by atoms with Gasteiger partial charge < -0.3 is 15.0 Å². The Morgan fingerprint density at radius 3 is 2.77 bits per heavy atom. The Balaban J connectivity index is 1.62. The molecule has 0 aliphatic carbocycles. The number of anilines is 2. The molecule has 0 amide bonds. The van der Waals surface area contributed by atoms with E-state index < -0.39 is 0 Å². The van der Waals surface area contributed by atoms with Crippen LogP contribution in [0.4, 0.5) is 11.4 Å². The highest BCUT2D eigenvalue weighted by atomic mass is 32.2. The lowest BCUT2D eigenvalue weighted by molar-refractivity contribution is 0.242. The molecule has 0 radical (unpaired) electrons. The van der Waals surface area contributed by atoms with Gasteiger partial charge in [-0.1, -0.05) is 30.3 Å². The number of para-hydroxylation sites is 1. The minimum absolute atomic E-state index is 0.191. The van der Waals surface area contributed by atoms with Crippen LogP contribution >= 0.6 is 11.8 Å².